The SMILES string of the molecule is C=C(C)C(=O)SS(=O)(=O)OCCC.[H-].[Na+]. The van der Waals surface area contributed by atoms with Gasteiger partial charge in [0.05, 0.1) is 17.4 Å². The van der Waals surface area contributed by atoms with Crippen molar-refractivity contribution in [2.75, 3.05) is 6.61 Å². The van der Waals surface area contributed by atoms with Crippen LogP contribution in [-0.2, 0) is 18.1 Å². The molecule has 0 aliphatic heterocycles. The standard InChI is InChI=1S/C7H12O4S2.Na.H/c1-4-5-11-13(9,10)12-7(8)6(2)3;;/h2,4-5H2,1,3H3;;/q;+1;-1. The van der Waals surface area contributed by atoms with E-state index in [0.29, 0.717) is 6.42 Å². The summed E-state index contributed by atoms with van der Waals surface area (Å²) < 4.78 is 26.4. The maximum absolute atomic E-state index is 11.0. The predicted molar refractivity (Wildman–Crippen MR) is 53.7 cm³/mol. The van der Waals surface area contributed by atoms with Crippen molar-refractivity contribution in [3.05, 3.63) is 12.2 Å². The van der Waals surface area contributed by atoms with E-state index in [2.05, 4.69) is 10.8 Å². The fraction of sp³-hybridized carbons (Fsp3) is 0.571. The Hall–Kier alpha value is 0.670. The molecule has 0 saturated heterocycles. The molecule has 0 amide bonds. The summed E-state index contributed by atoms with van der Waals surface area (Å²) in [6.45, 7) is 6.65. The molecule has 4 nitrogen and oxygen atoms in total. The van der Waals surface area contributed by atoms with Crippen molar-refractivity contribution in [1.82, 2.24) is 0 Å². The minimum atomic E-state index is -3.78. The van der Waals surface area contributed by atoms with E-state index >= 15 is 0 Å². The Morgan fingerprint density at radius 3 is 2.43 bits per heavy atom. The molecule has 7 heteroatoms. The van der Waals surface area contributed by atoms with Crippen molar-refractivity contribution in [3.63, 3.8) is 0 Å². The van der Waals surface area contributed by atoms with Crippen LogP contribution in [-0.4, -0.2) is 20.1 Å². The molecule has 0 rings (SSSR count). The number of carbonyl (C=O) groups is 1. The summed E-state index contributed by atoms with van der Waals surface area (Å²) in [5.74, 6) is 0. The van der Waals surface area contributed by atoms with Gasteiger partial charge in [0.15, 0.2) is 0 Å². The van der Waals surface area contributed by atoms with E-state index in [-0.39, 0.29) is 54.0 Å². The van der Waals surface area contributed by atoms with Gasteiger partial charge < -0.3 is 1.43 Å². The molecule has 0 radical (unpaired) electrons. The quantitative estimate of drug-likeness (QED) is 0.340. The molecule has 0 aromatic carbocycles. The zero-order valence-electron chi connectivity index (χ0n) is 9.57. The minimum absolute atomic E-state index is 0. The molecule has 0 unspecified atom stereocenters. The molecule has 0 saturated carbocycles. The molecular weight excluding hydrogens is 235 g/mol. The van der Waals surface area contributed by atoms with E-state index in [1.165, 1.54) is 6.92 Å². The van der Waals surface area contributed by atoms with Crippen molar-refractivity contribution < 1.29 is 48.4 Å². The van der Waals surface area contributed by atoms with Crippen molar-refractivity contribution >= 4 is 25.1 Å². The Labute approximate surface area is 112 Å². The van der Waals surface area contributed by atoms with Gasteiger partial charge in [0.25, 0.3) is 0 Å². The van der Waals surface area contributed by atoms with Crippen molar-refractivity contribution in [2.24, 2.45) is 0 Å². The predicted octanol–water partition coefficient (Wildman–Crippen LogP) is -1.39. The van der Waals surface area contributed by atoms with Crippen LogP contribution in [0.1, 0.15) is 21.7 Å². The van der Waals surface area contributed by atoms with Crippen LogP contribution in [0.4, 0.5) is 0 Å². The summed E-state index contributed by atoms with van der Waals surface area (Å²) in [6, 6.07) is 0. The minimum Gasteiger partial charge on any atom is -1.00 e. The Kier molecular flexibility index (Phi) is 9.63. The first kappa shape index (κ1) is 17.1. The summed E-state index contributed by atoms with van der Waals surface area (Å²) in [4.78, 5) is 10.9. The van der Waals surface area contributed by atoms with Crippen LogP contribution in [0.2, 0.25) is 0 Å². The third-order valence-electron chi connectivity index (χ3n) is 0.958. The van der Waals surface area contributed by atoms with Crippen molar-refractivity contribution in [1.29, 1.82) is 0 Å². The van der Waals surface area contributed by atoms with Crippen LogP contribution < -0.4 is 29.6 Å². The normalized spacial score (nSPS) is 10.4. The molecule has 0 N–H and O–H groups in total. The second-order valence-electron chi connectivity index (χ2n) is 2.38. The fourth-order valence-corrected chi connectivity index (χ4v) is 2.45. The third-order valence-corrected chi connectivity index (χ3v) is 3.47. The van der Waals surface area contributed by atoms with Gasteiger partial charge in [-0.2, -0.15) is 8.42 Å². The van der Waals surface area contributed by atoms with Crippen molar-refractivity contribution in [3.8, 4) is 0 Å². The molecule has 0 aliphatic carbocycles. The summed E-state index contributed by atoms with van der Waals surface area (Å²) in [5, 5.41) is -0.587. The van der Waals surface area contributed by atoms with E-state index in [1.54, 1.807) is 6.92 Å². The number of hydrogen-bond donors (Lipinski definition) is 0. The smallest absolute Gasteiger partial charge is 1.00 e. The van der Waals surface area contributed by atoms with Crippen LogP contribution in [0.5, 0.6) is 0 Å². The number of carbonyl (C=O) groups excluding carboxylic acids is 1. The first-order valence-corrected chi connectivity index (χ1v) is 6.42. The Morgan fingerprint density at radius 2 is 2.07 bits per heavy atom. The van der Waals surface area contributed by atoms with E-state index in [4.69, 9.17) is 0 Å². The van der Waals surface area contributed by atoms with E-state index in [0.717, 1.165) is 0 Å². The van der Waals surface area contributed by atoms with Crippen LogP contribution in [0.3, 0.4) is 0 Å². The van der Waals surface area contributed by atoms with E-state index < -0.39 is 14.3 Å². The second kappa shape index (κ2) is 7.90. The second-order valence-corrected chi connectivity index (χ2v) is 5.70. The zero-order chi connectivity index (χ0) is 10.5. The third kappa shape index (κ3) is 8.02. The molecule has 0 spiro atoms. The van der Waals surface area contributed by atoms with E-state index in [9.17, 15) is 13.2 Å². The summed E-state index contributed by atoms with van der Waals surface area (Å²) >= 11 is 0. The van der Waals surface area contributed by atoms with Crippen molar-refractivity contribution in [2.45, 2.75) is 20.3 Å². The molecule has 0 fully saturated rings. The molecule has 78 valence electrons. The first-order chi connectivity index (χ1) is 5.89. The van der Waals surface area contributed by atoms with Crippen LogP contribution >= 0.6 is 10.8 Å². The Balaban J connectivity index is -0.000000720. The van der Waals surface area contributed by atoms with Gasteiger partial charge in [-0.1, -0.05) is 13.5 Å². The number of rotatable bonds is 5. The van der Waals surface area contributed by atoms with Crippen LogP contribution in [0.15, 0.2) is 12.2 Å². The Bertz CT molecular complexity index is 302. The van der Waals surface area contributed by atoms with Gasteiger partial charge in [-0.15, -0.1) is 0 Å². The van der Waals surface area contributed by atoms with Gasteiger partial charge in [0.2, 0.25) is 5.12 Å². The molecule has 0 aliphatic rings. The fourth-order valence-electron chi connectivity index (χ4n) is 0.373. The van der Waals surface area contributed by atoms with E-state index in [1.807, 2.05) is 0 Å². The molecule has 0 aromatic rings. The summed E-state index contributed by atoms with van der Waals surface area (Å²) in [6.07, 6.45) is 0.584. The molecule has 0 bridgehead atoms. The topological polar surface area (TPSA) is 60.4 Å². The average Bonchev–Trinajstić information content (AvgIpc) is 2.00. The number of hydrogen-bond acceptors (Lipinski definition) is 5. The molecule has 0 heterocycles. The van der Waals surface area contributed by atoms with Gasteiger partial charge in [-0.05, 0) is 18.9 Å². The molecule has 0 aromatic heterocycles. The molecule has 14 heavy (non-hydrogen) atoms. The van der Waals surface area contributed by atoms with Crippen LogP contribution in [0, 0.1) is 0 Å². The molecular formula is C7H13NaO4S2. The van der Waals surface area contributed by atoms with Gasteiger partial charge >= 0.3 is 38.7 Å². The maximum Gasteiger partial charge on any atom is 1.00 e. The zero-order valence-corrected chi connectivity index (χ0v) is 12.2. The average molecular weight is 248 g/mol. The molecule has 0 atom stereocenters. The maximum atomic E-state index is 11.0. The van der Waals surface area contributed by atoms with Gasteiger partial charge in [-0.3, -0.25) is 8.98 Å². The first-order valence-electron chi connectivity index (χ1n) is 3.67. The van der Waals surface area contributed by atoms with Gasteiger partial charge in [0, 0.05) is 0 Å². The van der Waals surface area contributed by atoms with Gasteiger partial charge in [-0.25, -0.2) is 0 Å². The van der Waals surface area contributed by atoms with Gasteiger partial charge in [0.1, 0.15) is 0 Å². The Morgan fingerprint density at radius 1 is 1.57 bits per heavy atom. The largest absolute Gasteiger partial charge is 1.00 e. The monoisotopic (exact) mass is 248 g/mol. The summed E-state index contributed by atoms with van der Waals surface area (Å²) in [7, 11) is -3.62. The van der Waals surface area contributed by atoms with Crippen LogP contribution in [0.25, 0.3) is 0 Å². The summed E-state index contributed by atoms with van der Waals surface area (Å²) in [5.41, 5.74) is 0.189.